The third-order valence-corrected chi connectivity index (χ3v) is 6.38. The van der Waals surface area contributed by atoms with Gasteiger partial charge in [-0.25, -0.2) is 8.42 Å². The first-order valence-corrected chi connectivity index (χ1v) is 11.0. The van der Waals surface area contributed by atoms with Crippen molar-refractivity contribution in [1.82, 2.24) is 4.31 Å². The Bertz CT molecular complexity index is 1120. The molecule has 0 aliphatic heterocycles. The molecule has 0 atom stereocenters. The Kier molecular flexibility index (Phi) is 7.28. The average molecular weight is 441 g/mol. The van der Waals surface area contributed by atoms with Gasteiger partial charge in [-0.05, 0) is 42.0 Å². The topological polar surface area (TPSA) is 84.9 Å². The van der Waals surface area contributed by atoms with Crippen LogP contribution in [0.4, 0.5) is 5.69 Å². The zero-order chi connectivity index (χ0) is 22.3. The number of benzene rings is 3. The molecule has 0 saturated heterocycles. The van der Waals surface area contributed by atoms with Crippen molar-refractivity contribution in [3.8, 4) is 11.5 Å². The molecule has 0 saturated carbocycles. The monoisotopic (exact) mass is 440 g/mol. The minimum atomic E-state index is -3.93. The molecule has 31 heavy (non-hydrogen) atoms. The van der Waals surface area contributed by atoms with Crippen LogP contribution >= 0.6 is 0 Å². The highest BCUT2D eigenvalue weighted by Crippen LogP contribution is 2.22. The van der Waals surface area contributed by atoms with Crippen LogP contribution in [0.5, 0.6) is 11.5 Å². The standard InChI is InChI=1S/C23H24N2O5S/c1-29-20-11-13-22(14-12-20)31(27,28)25(16-18-7-4-3-5-8-18)17-23(26)24-19-9-6-10-21(15-19)30-2/h3-15H,16-17H2,1-2H3,(H,24,26). The van der Waals surface area contributed by atoms with Crippen LogP contribution in [-0.2, 0) is 21.4 Å². The van der Waals surface area contributed by atoms with Crippen LogP contribution in [0.25, 0.3) is 0 Å². The van der Waals surface area contributed by atoms with E-state index in [1.807, 2.05) is 30.3 Å². The molecule has 3 rings (SSSR count). The fourth-order valence-corrected chi connectivity index (χ4v) is 4.36. The van der Waals surface area contributed by atoms with Gasteiger partial charge in [-0.2, -0.15) is 4.31 Å². The maximum Gasteiger partial charge on any atom is 0.243 e. The van der Waals surface area contributed by atoms with E-state index < -0.39 is 15.9 Å². The normalized spacial score (nSPS) is 11.2. The maximum absolute atomic E-state index is 13.3. The number of hydrogen-bond acceptors (Lipinski definition) is 5. The number of ether oxygens (including phenoxy) is 2. The van der Waals surface area contributed by atoms with Gasteiger partial charge in [-0.3, -0.25) is 4.79 Å². The van der Waals surface area contributed by atoms with E-state index in [1.54, 1.807) is 36.4 Å². The van der Waals surface area contributed by atoms with E-state index in [1.165, 1.54) is 26.4 Å². The Hall–Kier alpha value is -3.36. The highest BCUT2D eigenvalue weighted by molar-refractivity contribution is 7.89. The van der Waals surface area contributed by atoms with E-state index >= 15 is 0 Å². The van der Waals surface area contributed by atoms with Gasteiger partial charge in [0, 0.05) is 18.3 Å². The second-order valence-corrected chi connectivity index (χ2v) is 8.65. The van der Waals surface area contributed by atoms with Crippen LogP contribution < -0.4 is 14.8 Å². The first-order valence-electron chi connectivity index (χ1n) is 9.54. The summed E-state index contributed by atoms with van der Waals surface area (Å²) in [5.41, 5.74) is 1.29. The summed E-state index contributed by atoms with van der Waals surface area (Å²) in [7, 11) is -0.892. The molecule has 3 aromatic rings. The molecule has 0 spiro atoms. The number of rotatable bonds is 9. The molecule has 0 aliphatic rings. The summed E-state index contributed by atoms with van der Waals surface area (Å²) in [5, 5.41) is 2.73. The zero-order valence-corrected chi connectivity index (χ0v) is 18.1. The minimum absolute atomic E-state index is 0.0563. The number of nitrogens with zero attached hydrogens (tertiary/aromatic N) is 1. The van der Waals surface area contributed by atoms with Crippen molar-refractivity contribution in [2.45, 2.75) is 11.4 Å². The van der Waals surface area contributed by atoms with Crippen molar-refractivity contribution in [3.05, 3.63) is 84.4 Å². The van der Waals surface area contributed by atoms with Gasteiger partial charge in [0.2, 0.25) is 15.9 Å². The van der Waals surface area contributed by atoms with Crippen LogP contribution in [0.15, 0.2) is 83.8 Å². The summed E-state index contributed by atoms with van der Waals surface area (Å²) in [6.07, 6.45) is 0. The average Bonchev–Trinajstić information content (AvgIpc) is 2.79. The van der Waals surface area contributed by atoms with Crippen molar-refractivity contribution in [2.24, 2.45) is 0 Å². The molecule has 0 fully saturated rings. The first-order chi connectivity index (χ1) is 14.9. The number of anilines is 1. The fraction of sp³-hybridized carbons (Fsp3) is 0.174. The van der Waals surface area contributed by atoms with Crippen LogP contribution in [0, 0.1) is 0 Å². The smallest absolute Gasteiger partial charge is 0.243 e. The zero-order valence-electron chi connectivity index (χ0n) is 17.3. The molecule has 0 bridgehead atoms. The molecule has 8 heteroatoms. The van der Waals surface area contributed by atoms with Crippen molar-refractivity contribution < 1.29 is 22.7 Å². The van der Waals surface area contributed by atoms with Gasteiger partial charge in [0.25, 0.3) is 0 Å². The van der Waals surface area contributed by atoms with Crippen LogP contribution in [0.1, 0.15) is 5.56 Å². The Balaban J connectivity index is 1.85. The lowest BCUT2D eigenvalue weighted by molar-refractivity contribution is -0.116. The lowest BCUT2D eigenvalue weighted by Crippen LogP contribution is -2.37. The molecule has 1 N–H and O–H groups in total. The fourth-order valence-electron chi connectivity index (χ4n) is 2.97. The number of sulfonamides is 1. The van der Waals surface area contributed by atoms with Crippen LogP contribution in [0.3, 0.4) is 0 Å². The van der Waals surface area contributed by atoms with Gasteiger partial charge >= 0.3 is 0 Å². The van der Waals surface area contributed by atoms with E-state index in [0.29, 0.717) is 17.2 Å². The highest BCUT2D eigenvalue weighted by Gasteiger charge is 2.27. The Morgan fingerprint density at radius 3 is 2.19 bits per heavy atom. The Morgan fingerprint density at radius 1 is 0.871 bits per heavy atom. The van der Waals surface area contributed by atoms with Gasteiger partial charge in [-0.15, -0.1) is 0 Å². The SMILES string of the molecule is COc1ccc(S(=O)(=O)N(CC(=O)Nc2cccc(OC)c2)Cc2ccccc2)cc1. The molecular weight excluding hydrogens is 416 g/mol. The maximum atomic E-state index is 13.3. The van der Waals surface area contributed by atoms with Gasteiger partial charge in [-0.1, -0.05) is 36.4 Å². The van der Waals surface area contributed by atoms with Crippen LogP contribution in [0.2, 0.25) is 0 Å². The molecular formula is C23H24N2O5S. The molecule has 7 nitrogen and oxygen atoms in total. The summed E-state index contributed by atoms with van der Waals surface area (Å²) >= 11 is 0. The van der Waals surface area contributed by atoms with Crippen molar-refractivity contribution >= 4 is 21.6 Å². The summed E-state index contributed by atoms with van der Waals surface area (Å²) in [4.78, 5) is 12.8. The Labute approximate surface area is 182 Å². The number of carbonyl (C=O) groups excluding carboxylic acids is 1. The summed E-state index contributed by atoms with van der Waals surface area (Å²) in [6.45, 7) is -0.290. The van der Waals surface area contributed by atoms with Gasteiger partial charge in [0.05, 0.1) is 25.7 Å². The molecule has 0 aliphatic carbocycles. The molecule has 3 aromatic carbocycles. The predicted molar refractivity (Wildman–Crippen MR) is 119 cm³/mol. The molecule has 0 heterocycles. The summed E-state index contributed by atoms with van der Waals surface area (Å²) < 4.78 is 38.0. The minimum Gasteiger partial charge on any atom is -0.497 e. The largest absolute Gasteiger partial charge is 0.497 e. The van der Waals surface area contributed by atoms with E-state index in [-0.39, 0.29) is 18.0 Å². The van der Waals surface area contributed by atoms with Crippen LogP contribution in [-0.4, -0.2) is 39.4 Å². The number of methoxy groups -OCH3 is 2. The Morgan fingerprint density at radius 2 is 1.55 bits per heavy atom. The molecule has 162 valence electrons. The van der Waals surface area contributed by atoms with Gasteiger partial charge < -0.3 is 14.8 Å². The van der Waals surface area contributed by atoms with E-state index in [2.05, 4.69) is 5.32 Å². The number of nitrogens with one attached hydrogen (secondary N) is 1. The summed E-state index contributed by atoms with van der Waals surface area (Å²) in [5.74, 6) is 0.676. The number of amides is 1. The highest BCUT2D eigenvalue weighted by atomic mass is 32.2. The lowest BCUT2D eigenvalue weighted by Gasteiger charge is -2.22. The lowest BCUT2D eigenvalue weighted by atomic mass is 10.2. The second-order valence-electron chi connectivity index (χ2n) is 6.71. The third-order valence-electron chi connectivity index (χ3n) is 4.57. The third kappa shape index (κ3) is 5.84. The quantitative estimate of drug-likeness (QED) is 0.550. The van der Waals surface area contributed by atoms with E-state index in [4.69, 9.17) is 9.47 Å². The van der Waals surface area contributed by atoms with Crippen molar-refractivity contribution in [2.75, 3.05) is 26.1 Å². The van der Waals surface area contributed by atoms with Gasteiger partial charge in [0.15, 0.2) is 0 Å². The molecule has 0 radical (unpaired) electrons. The second kappa shape index (κ2) is 10.1. The number of hydrogen-bond donors (Lipinski definition) is 1. The van der Waals surface area contributed by atoms with Crippen molar-refractivity contribution in [1.29, 1.82) is 0 Å². The van der Waals surface area contributed by atoms with Crippen molar-refractivity contribution in [3.63, 3.8) is 0 Å². The first kappa shape index (κ1) is 22.3. The van der Waals surface area contributed by atoms with Gasteiger partial charge in [0.1, 0.15) is 11.5 Å². The van der Waals surface area contributed by atoms with E-state index in [9.17, 15) is 13.2 Å². The predicted octanol–water partition coefficient (Wildman–Crippen LogP) is 3.53. The summed E-state index contributed by atoms with van der Waals surface area (Å²) in [6, 6.07) is 22.1. The molecule has 1 amide bonds. The van der Waals surface area contributed by atoms with E-state index in [0.717, 1.165) is 9.87 Å². The molecule has 0 unspecified atom stereocenters. The number of carbonyl (C=O) groups is 1. The molecule has 0 aromatic heterocycles.